The van der Waals surface area contributed by atoms with Gasteiger partial charge in [-0.25, -0.2) is 23.8 Å². The number of rotatable bonds is 5. The monoisotopic (exact) mass is 602 g/mol. The molecule has 1 aliphatic rings. The van der Waals surface area contributed by atoms with Crippen LogP contribution in [0, 0.1) is 0 Å². The lowest BCUT2D eigenvalue weighted by atomic mass is 10.0. The van der Waals surface area contributed by atoms with Gasteiger partial charge in [0.05, 0.1) is 18.3 Å². The molecule has 4 rings (SSSR count). The third-order valence-corrected chi connectivity index (χ3v) is 6.39. The Morgan fingerprint density at radius 3 is 2.42 bits per heavy atom. The van der Waals surface area contributed by atoms with Crippen molar-refractivity contribution < 1.29 is 37.9 Å². The zero-order valence-corrected chi connectivity index (χ0v) is 25.0. The number of alkyl halides is 1. The molecule has 0 aromatic carbocycles. The maximum absolute atomic E-state index is 15.3. The molecule has 0 bridgehead atoms. The van der Waals surface area contributed by atoms with Gasteiger partial charge in [-0.15, -0.1) is 0 Å². The maximum Gasteiger partial charge on any atom is 0.414 e. The van der Waals surface area contributed by atoms with E-state index in [1.807, 2.05) is 0 Å². The van der Waals surface area contributed by atoms with Crippen LogP contribution in [0.25, 0.3) is 11.0 Å². The van der Waals surface area contributed by atoms with E-state index in [1.165, 1.54) is 34.8 Å². The summed E-state index contributed by atoms with van der Waals surface area (Å²) in [5.41, 5.74) is -2.19. The van der Waals surface area contributed by atoms with Crippen molar-refractivity contribution in [1.82, 2.24) is 19.6 Å². The predicted molar refractivity (Wildman–Crippen MR) is 154 cm³/mol. The van der Waals surface area contributed by atoms with Gasteiger partial charge in [0.2, 0.25) is 0 Å². The highest BCUT2D eigenvalue weighted by molar-refractivity contribution is 6.05. The number of aromatic carboxylic acids is 1. The number of ether oxygens (including phenoxy) is 2. The molecule has 0 unspecified atom stereocenters. The second kappa shape index (κ2) is 11.5. The molecule has 0 aliphatic carbocycles. The van der Waals surface area contributed by atoms with Gasteiger partial charge >= 0.3 is 18.2 Å². The fourth-order valence-electron chi connectivity index (χ4n) is 4.50. The molecule has 232 valence electrons. The number of fused-ring (bicyclic) bond motifs is 1. The largest absolute Gasteiger partial charge is 0.475 e. The number of carboxylic acid groups (broad SMARTS) is 1. The number of likely N-dealkylation sites (tertiary alicyclic amines) is 1. The summed E-state index contributed by atoms with van der Waals surface area (Å²) in [4.78, 5) is 57.2. The van der Waals surface area contributed by atoms with Gasteiger partial charge in [0, 0.05) is 25.9 Å². The number of carboxylic acids is 1. The van der Waals surface area contributed by atoms with Crippen LogP contribution in [0.1, 0.15) is 64.6 Å². The van der Waals surface area contributed by atoms with E-state index in [1.54, 1.807) is 47.6 Å². The van der Waals surface area contributed by atoms with Gasteiger partial charge in [-0.3, -0.25) is 9.69 Å². The predicted octanol–water partition coefficient (Wildman–Crippen LogP) is 4.72. The first-order valence-corrected chi connectivity index (χ1v) is 13.6. The van der Waals surface area contributed by atoms with Gasteiger partial charge in [0.25, 0.3) is 11.3 Å². The number of nitrogens with one attached hydrogen (secondary N) is 1. The minimum atomic E-state index is -1.55. The minimum absolute atomic E-state index is 0.00463. The van der Waals surface area contributed by atoms with Crippen LogP contribution < -0.4 is 15.8 Å². The number of aromatic nitrogens is 3. The third kappa shape index (κ3) is 7.04. The molecule has 3 aromatic rings. The fraction of sp³-hybridized carbons (Fsp3) is 0.500. The average Bonchev–Trinajstić information content (AvgIpc) is 3.31. The molecule has 1 fully saturated rings. The van der Waals surface area contributed by atoms with Crippen molar-refractivity contribution in [3.63, 3.8) is 0 Å². The fourth-order valence-corrected chi connectivity index (χ4v) is 4.50. The molecule has 2 atom stereocenters. The van der Waals surface area contributed by atoms with Crippen LogP contribution in [0.4, 0.5) is 31.2 Å². The summed E-state index contributed by atoms with van der Waals surface area (Å²) >= 11 is 0. The van der Waals surface area contributed by atoms with Crippen LogP contribution in [0.15, 0.2) is 33.7 Å². The van der Waals surface area contributed by atoms with E-state index in [-0.39, 0.29) is 47.7 Å². The minimum Gasteiger partial charge on any atom is -0.475 e. The van der Waals surface area contributed by atoms with Crippen molar-refractivity contribution in [2.75, 3.05) is 30.4 Å². The Kier molecular flexibility index (Phi) is 8.38. The Balaban J connectivity index is 1.65. The molecule has 1 saturated heterocycles. The number of nitrogens with zero attached hydrogens (tertiary/aromatic N) is 5. The SMILES string of the molecule is CN(C(=O)OC(C)(C)C)c1cc(Nc2cccn([C@@H]3CCN(C(=O)OC(C)(C)C)C[C@H]3F)c2=O)nc2c(C(=O)O)onc12. The maximum atomic E-state index is 15.3. The number of carbonyl (C=O) groups excluding carboxylic acids is 2. The standard InChI is InChI=1S/C28H35FN6O8/c1-27(2,3)41-25(39)33(7)18-13-19(31-21-20(18)32-43-22(21)24(37)38)30-16-9-8-11-35(23(16)36)17-10-12-34(14-15(17)29)26(40)42-28(4,5)6/h8-9,11,13,15,17H,10,12,14H2,1-7H3,(H,30,31)(H,37,38)/t15-,17-/m1/s1. The number of halogens is 1. The summed E-state index contributed by atoms with van der Waals surface area (Å²) in [7, 11) is 1.41. The molecule has 4 heterocycles. The first-order valence-electron chi connectivity index (χ1n) is 13.6. The molecule has 14 nitrogen and oxygen atoms in total. The molecule has 3 aromatic heterocycles. The normalized spacial score (nSPS) is 17.4. The number of hydrogen-bond donors (Lipinski definition) is 2. The summed E-state index contributed by atoms with van der Waals surface area (Å²) in [6.45, 7) is 10.2. The summed E-state index contributed by atoms with van der Waals surface area (Å²) < 4.78 is 32.3. The Labute approximate surface area is 246 Å². The van der Waals surface area contributed by atoms with Crippen molar-refractivity contribution in [3.05, 3.63) is 40.5 Å². The van der Waals surface area contributed by atoms with Gasteiger partial charge < -0.3 is 33.9 Å². The van der Waals surface area contributed by atoms with E-state index in [4.69, 9.17) is 14.0 Å². The molecular weight excluding hydrogens is 567 g/mol. The van der Waals surface area contributed by atoms with E-state index >= 15 is 4.39 Å². The number of pyridine rings is 2. The Hall–Kier alpha value is -4.69. The summed E-state index contributed by atoms with van der Waals surface area (Å²) in [5.74, 6) is -2.01. The molecule has 43 heavy (non-hydrogen) atoms. The number of carbonyl (C=O) groups is 3. The van der Waals surface area contributed by atoms with Gasteiger partial charge in [-0.05, 0) is 60.1 Å². The van der Waals surface area contributed by atoms with Crippen LogP contribution >= 0.6 is 0 Å². The van der Waals surface area contributed by atoms with E-state index in [2.05, 4.69) is 15.5 Å². The molecule has 1 aliphatic heterocycles. The summed E-state index contributed by atoms with van der Waals surface area (Å²) in [6, 6.07) is 3.53. The van der Waals surface area contributed by atoms with Crippen molar-refractivity contribution in [2.24, 2.45) is 0 Å². The van der Waals surface area contributed by atoms with Gasteiger partial charge in [-0.1, -0.05) is 5.16 Å². The van der Waals surface area contributed by atoms with Crippen LogP contribution in [-0.4, -0.2) is 80.4 Å². The van der Waals surface area contributed by atoms with E-state index in [9.17, 15) is 24.3 Å². The molecule has 2 N–H and O–H groups in total. The first kappa shape index (κ1) is 31.3. The summed E-state index contributed by atoms with van der Waals surface area (Å²) in [6.07, 6.45) is -1.30. The second-order valence-electron chi connectivity index (χ2n) is 12.1. The smallest absolute Gasteiger partial charge is 0.414 e. The van der Waals surface area contributed by atoms with Gasteiger partial charge in [0.15, 0.2) is 5.52 Å². The Morgan fingerprint density at radius 2 is 1.81 bits per heavy atom. The van der Waals surface area contributed by atoms with Crippen LogP contribution in [0.5, 0.6) is 0 Å². The zero-order chi connectivity index (χ0) is 31.9. The highest BCUT2D eigenvalue weighted by Gasteiger charge is 2.35. The van der Waals surface area contributed by atoms with Crippen molar-refractivity contribution in [3.8, 4) is 0 Å². The number of anilines is 3. The second-order valence-corrected chi connectivity index (χ2v) is 12.1. The molecule has 2 amide bonds. The third-order valence-electron chi connectivity index (χ3n) is 6.39. The molecule has 0 saturated carbocycles. The molecular formula is C28H35FN6O8. The lowest BCUT2D eigenvalue weighted by Crippen LogP contribution is -2.48. The lowest BCUT2D eigenvalue weighted by Gasteiger charge is -2.36. The number of piperidine rings is 1. The van der Waals surface area contributed by atoms with Gasteiger partial charge in [0.1, 0.15) is 34.4 Å². The molecule has 15 heteroatoms. The highest BCUT2D eigenvalue weighted by atomic mass is 19.1. The van der Waals surface area contributed by atoms with Gasteiger partial charge in [-0.2, -0.15) is 0 Å². The number of hydrogen-bond acceptors (Lipinski definition) is 10. The summed E-state index contributed by atoms with van der Waals surface area (Å²) in [5, 5.41) is 16.2. The number of amides is 2. The zero-order valence-electron chi connectivity index (χ0n) is 25.0. The van der Waals surface area contributed by atoms with Crippen LogP contribution in [0.2, 0.25) is 0 Å². The van der Waals surface area contributed by atoms with E-state index in [0.29, 0.717) is 0 Å². The van der Waals surface area contributed by atoms with Crippen molar-refractivity contribution in [1.29, 1.82) is 0 Å². The van der Waals surface area contributed by atoms with Crippen molar-refractivity contribution >= 4 is 46.4 Å². The molecule has 0 radical (unpaired) electrons. The quantitative estimate of drug-likeness (QED) is 0.414. The van der Waals surface area contributed by atoms with Crippen molar-refractivity contribution in [2.45, 2.75) is 71.4 Å². The highest BCUT2D eigenvalue weighted by Crippen LogP contribution is 2.32. The lowest BCUT2D eigenvalue weighted by molar-refractivity contribution is 0.00647. The Morgan fingerprint density at radius 1 is 1.14 bits per heavy atom. The molecule has 0 spiro atoms. The van der Waals surface area contributed by atoms with E-state index in [0.717, 1.165) is 4.90 Å². The topological polar surface area (TPSA) is 169 Å². The van der Waals surface area contributed by atoms with Crippen LogP contribution in [0.3, 0.4) is 0 Å². The van der Waals surface area contributed by atoms with E-state index < -0.39 is 52.9 Å². The van der Waals surface area contributed by atoms with Crippen LogP contribution in [-0.2, 0) is 9.47 Å². The first-order chi connectivity index (χ1) is 19.9. The Bertz CT molecular complexity index is 1610. The average molecular weight is 603 g/mol.